The van der Waals surface area contributed by atoms with E-state index in [2.05, 4.69) is 42.9 Å². The largest absolute Gasteiger partial charge is 0.394 e. The molecule has 1 spiro atoms. The van der Waals surface area contributed by atoms with Crippen LogP contribution in [0.2, 0.25) is 0 Å². The lowest BCUT2D eigenvalue weighted by molar-refractivity contribution is -0.145. The van der Waals surface area contributed by atoms with Gasteiger partial charge < -0.3 is 19.8 Å². The highest BCUT2D eigenvalue weighted by molar-refractivity contribution is 9.09. The molecule has 1 N–H and O–H groups in total. The smallest absolute Gasteiger partial charge is 0.251 e. The van der Waals surface area contributed by atoms with Crippen LogP contribution in [0.3, 0.4) is 0 Å². The van der Waals surface area contributed by atoms with E-state index in [1.807, 2.05) is 39.0 Å². The van der Waals surface area contributed by atoms with Crippen molar-refractivity contribution in [3.05, 3.63) is 54.6 Å². The topological polar surface area (TPSA) is 81.2 Å². The lowest BCUT2D eigenvalue weighted by Crippen LogP contribution is -2.58. The van der Waals surface area contributed by atoms with Crippen LogP contribution < -0.4 is 4.90 Å². The zero-order valence-corrected chi connectivity index (χ0v) is 28.0. The molecule has 0 saturated carbocycles. The minimum absolute atomic E-state index is 0.0193. The summed E-state index contributed by atoms with van der Waals surface area (Å²) in [6.45, 7) is 18.9. The van der Waals surface area contributed by atoms with Gasteiger partial charge in [-0.2, -0.15) is 0 Å². The van der Waals surface area contributed by atoms with E-state index >= 15 is 0 Å². The number of rotatable bonds is 13. The van der Waals surface area contributed by atoms with Crippen LogP contribution in [0.1, 0.15) is 51.2 Å². The van der Waals surface area contributed by atoms with Gasteiger partial charge >= 0.3 is 0 Å². The van der Waals surface area contributed by atoms with Gasteiger partial charge in [0.1, 0.15) is 6.04 Å². The van der Waals surface area contributed by atoms with Crippen LogP contribution in [0, 0.1) is 31.6 Å². The number of halogens is 1. The molecule has 0 aromatic heterocycles. The summed E-state index contributed by atoms with van der Waals surface area (Å²) < 4.78 is -0.791. The van der Waals surface area contributed by atoms with Gasteiger partial charge in [0.2, 0.25) is 11.8 Å². The number of thioether (sulfide) groups is 1. The first-order chi connectivity index (χ1) is 20.0. The average Bonchev–Trinajstić information content (AvgIpc) is 3.54. The van der Waals surface area contributed by atoms with Crippen molar-refractivity contribution >= 4 is 51.1 Å². The van der Waals surface area contributed by atoms with E-state index in [9.17, 15) is 19.5 Å². The summed E-state index contributed by atoms with van der Waals surface area (Å²) in [6, 6.07) is 4.67. The van der Waals surface area contributed by atoms with Gasteiger partial charge in [0, 0.05) is 35.4 Å². The Hall–Kier alpha value is -2.10. The molecule has 2 bridgehead atoms. The zero-order valence-electron chi connectivity index (χ0n) is 25.6. The van der Waals surface area contributed by atoms with Crippen LogP contribution in [-0.4, -0.2) is 85.8 Å². The Morgan fingerprint density at radius 2 is 1.90 bits per heavy atom. The molecule has 3 heterocycles. The Morgan fingerprint density at radius 3 is 2.50 bits per heavy atom. The molecule has 9 heteroatoms. The summed E-state index contributed by atoms with van der Waals surface area (Å²) in [4.78, 5) is 49.1. The number of likely N-dealkylation sites (tertiary alicyclic amines) is 1. The standard InChI is InChI=1S/C33H46BrN3O4S/c1-8-13-35(14-9-2)30(39)26-27-31(40)37(23(19-38)16-20(4)5)29(33(27)18-24(34)28(26)42-33)32(41)36(15-10-3)25-17-21(6)11-12-22(25)7/h8,10-12,17,20,23-24,26-29,38H,1,3,9,13-16,18-19H2,2,4-7H3/t23-,24?,26+,27+,28+,29?,33?/m1/s1. The number of amides is 3. The number of aryl methyl sites for hydroxylation is 2. The second-order valence-corrected chi connectivity index (χ2v) is 15.2. The monoisotopic (exact) mass is 659 g/mol. The molecule has 3 amide bonds. The van der Waals surface area contributed by atoms with Crippen molar-refractivity contribution < 1.29 is 19.5 Å². The number of alkyl halides is 1. The van der Waals surface area contributed by atoms with Crippen LogP contribution in [0.15, 0.2) is 43.5 Å². The Labute approximate surface area is 263 Å². The molecule has 0 radical (unpaired) electrons. The predicted octanol–water partition coefficient (Wildman–Crippen LogP) is 5.12. The highest BCUT2D eigenvalue weighted by Gasteiger charge is 2.76. The molecule has 3 fully saturated rings. The van der Waals surface area contributed by atoms with E-state index in [0.717, 1.165) is 23.2 Å². The first-order valence-corrected chi connectivity index (χ1v) is 16.9. The molecule has 7 nitrogen and oxygen atoms in total. The van der Waals surface area contributed by atoms with Crippen molar-refractivity contribution in [3.63, 3.8) is 0 Å². The highest BCUT2D eigenvalue weighted by atomic mass is 79.9. The molecule has 3 unspecified atom stereocenters. The van der Waals surface area contributed by atoms with Crippen molar-refractivity contribution in [2.75, 3.05) is 31.1 Å². The molecule has 3 aliphatic heterocycles. The highest BCUT2D eigenvalue weighted by Crippen LogP contribution is 2.68. The van der Waals surface area contributed by atoms with E-state index in [-0.39, 0.29) is 46.9 Å². The molecule has 1 aromatic rings. The third kappa shape index (κ3) is 5.61. The molecular formula is C33H46BrN3O4S. The van der Waals surface area contributed by atoms with Crippen LogP contribution >= 0.6 is 27.7 Å². The van der Waals surface area contributed by atoms with Crippen molar-refractivity contribution in [2.24, 2.45) is 17.8 Å². The first-order valence-electron chi connectivity index (χ1n) is 15.1. The van der Waals surface area contributed by atoms with Crippen LogP contribution in [0.4, 0.5) is 5.69 Å². The summed E-state index contributed by atoms with van der Waals surface area (Å²) >= 11 is 5.51. The van der Waals surface area contributed by atoms with Gasteiger partial charge in [0.05, 0.1) is 29.2 Å². The molecule has 1 aromatic carbocycles. The fourth-order valence-electron chi connectivity index (χ4n) is 7.36. The molecule has 42 heavy (non-hydrogen) atoms. The summed E-state index contributed by atoms with van der Waals surface area (Å²) in [5.41, 5.74) is 2.77. The van der Waals surface area contributed by atoms with E-state index in [0.29, 0.717) is 25.9 Å². The molecule has 3 aliphatic rings. The van der Waals surface area contributed by atoms with Gasteiger partial charge in [-0.1, -0.05) is 61.0 Å². The van der Waals surface area contributed by atoms with E-state index < -0.39 is 28.7 Å². The second kappa shape index (κ2) is 13.3. The maximum Gasteiger partial charge on any atom is 0.251 e. The molecule has 7 atom stereocenters. The summed E-state index contributed by atoms with van der Waals surface area (Å²) in [7, 11) is 0. The lowest BCUT2D eigenvalue weighted by atomic mass is 9.70. The number of carbonyl (C=O) groups is 3. The number of hydrogen-bond donors (Lipinski definition) is 1. The fraction of sp³-hybridized carbons (Fsp3) is 0.606. The maximum atomic E-state index is 15.0. The minimum Gasteiger partial charge on any atom is -0.394 e. The van der Waals surface area contributed by atoms with Gasteiger partial charge in [0.15, 0.2) is 0 Å². The van der Waals surface area contributed by atoms with Crippen molar-refractivity contribution in [3.8, 4) is 0 Å². The Morgan fingerprint density at radius 1 is 1.21 bits per heavy atom. The number of benzene rings is 1. The van der Waals surface area contributed by atoms with Crippen LogP contribution in [-0.2, 0) is 14.4 Å². The number of aliphatic hydroxyl groups is 1. The van der Waals surface area contributed by atoms with E-state index in [1.54, 1.807) is 38.6 Å². The van der Waals surface area contributed by atoms with Gasteiger partial charge in [-0.25, -0.2) is 0 Å². The Bertz CT molecular complexity index is 1220. The number of hydrogen-bond acceptors (Lipinski definition) is 5. The van der Waals surface area contributed by atoms with Gasteiger partial charge in [-0.05, 0) is 56.2 Å². The number of nitrogens with zero attached hydrogens (tertiary/aromatic N) is 3. The fourth-order valence-corrected chi connectivity index (χ4v) is 11.0. The second-order valence-electron chi connectivity index (χ2n) is 12.5. The predicted molar refractivity (Wildman–Crippen MR) is 175 cm³/mol. The van der Waals surface area contributed by atoms with Gasteiger partial charge in [-0.3, -0.25) is 14.4 Å². The number of aliphatic hydroxyl groups excluding tert-OH is 1. The van der Waals surface area contributed by atoms with Crippen LogP contribution in [0.25, 0.3) is 0 Å². The molecule has 0 aliphatic carbocycles. The van der Waals surface area contributed by atoms with Gasteiger partial charge in [-0.15, -0.1) is 24.9 Å². The average molecular weight is 661 g/mol. The quantitative estimate of drug-likeness (QED) is 0.235. The first kappa shape index (κ1) is 32.8. The zero-order chi connectivity index (χ0) is 30.9. The maximum absolute atomic E-state index is 15.0. The normalized spacial score (nSPS) is 28.6. The van der Waals surface area contributed by atoms with Crippen molar-refractivity contribution in [1.29, 1.82) is 0 Å². The molecule has 230 valence electrons. The third-order valence-electron chi connectivity index (χ3n) is 8.98. The minimum atomic E-state index is -0.822. The molecule has 4 rings (SSSR count). The van der Waals surface area contributed by atoms with E-state index in [1.165, 1.54) is 0 Å². The SMILES string of the molecule is C=CCN(CCC)C(=O)[C@H]1[C@H]2C(=O)N([C@@H](CO)CC(C)C)C(C(=O)N(CC=C)c3cc(C)ccc3C)C23CC(Br)[C@@H]1S3. The Kier molecular flexibility index (Phi) is 10.4. The van der Waals surface area contributed by atoms with Crippen LogP contribution in [0.5, 0.6) is 0 Å². The third-order valence-corrected chi connectivity index (χ3v) is 12.2. The van der Waals surface area contributed by atoms with Crippen molar-refractivity contribution in [1.82, 2.24) is 9.80 Å². The summed E-state index contributed by atoms with van der Waals surface area (Å²) in [5.74, 6) is -1.41. The lowest BCUT2D eigenvalue weighted by Gasteiger charge is -2.40. The molecule has 3 saturated heterocycles. The van der Waals surface area contributed by atoms with Crippen molar-refractivity contribution in [2.45, 2.75) is 80.8 Å². The molecular weight excluding hydrogens is 614 g/mol. The van der Waals surface area contributed by atoms with E-state index in [4.69, 9.17) is 0 Å². The summed E-state index contributed by atoms with van der Waals surface area (Å²) in [6.07, 6.45) is 5.39. The van der Waals surface area contributed by atoms with Gasteiger partial charge in [0.25, 0.3) is 5.91 Å². The number of anilines is 1. The Balaban J connectivity index is 1.88. The summed E-state index contributed by atoms with van der Waals surface area (Å²) in [5, 5.41) is 10.5. The number of fused-ring (bicyclic) bond motifs is 1. The number of carbonyl (C=O) groups excluding carboxylic acids is 3.